The van der Waals surface area contributed by atoms with Gasteiger partial charge >= 0.3 is 6.03 Å². The van der Waals surface area contributed by atoms with Crippen LogP contribution < -0.4 is 15.4 Å². The zero-order valence-electron chi connectivity index (χ0n) is 12.9. The predicted molar refractivity (Wildman–Crippen MR) is 83.0 cm³/mol. The van der Waals surface area contributed by atoms with Crippen molar-refractivity contribution in [1.82, 2.24) is 15.8 Å². The molecule has 1 aromatic carbocycles. The number of methoxy groups -OCH3 is 1. The Morgan fingerprint density at radius 2 is 1.86 bits per heavy atom. The van der Waals surface area contributed by atoms with Gasteiger partial charge in [-0.25, -0.2) is 4.79 Å². The standard InChI is InChI=1S/C16H21N3O3/c1-12-11-15(22-19-12)8-10-18-16(20)17-9-7-13-3-5-14(21-2)6-4-13/h3-6,11H,7-10H2,1-2H3,(H2,17,18,20). The highest BCUT2D eigenvalue weighted by Crippen LogP contribution is 2.11. The van der Waals surface area contributed by atoms with Gasteiger partial charge in [-0.05, 0) is 31.0 Å². The first-order valence-electron chi connectivity index (χ1n) is 7.24. The van der Waals surface area contributed by atoms with E-state index in [1.807, 2.05) is 37.3 Å². The van der Waals surface area contributed by atoms with Crippen LogP contribution in [0.2, 0.25) is 0 Å². The zero-order chi connectivity index (χ0) is 15.8. The van der Waals surface area contributed by atoms with Crippen LogP contribution in [0.4, 0.5) is 4.79 Å². The van der Waals surface area contributed by atoms with E-state index >= 15 is 0 Å². The van der Waals surface area contributed by atoms with Gasteiger partial charge in [0.15, 0.2) is 0 Å². The lowest BCUT2D eigenvalue weighted by atomic mass is 10.1. The number of rotatable bonds is 7. The largest absolute Gasteiger partial charge is 0.497 e. The van der Waals surface area contributed by atoms with Gasteiger partial charge in [0.1, 0.15) is 11.5 Å². The van der Waals surface area contributed by atoms with Gasteiger partial charge in [0, 0.05) is 25.6 Å². The fraction of sp³-hybridized carbons (Fsp3) is 0.375. The van der Waals surface area contributed by atoms with E-state index in [1.54, 1.807) is 7.11 Å². The van der Waals surface area contributed by atoms with Crippen molar-refractivity contribution in [3.63, 3.8) is 0 Å². The number of benzene rings is 1. The maximum absolute atomic E-state index is 11.6. The van der Waals surface area contributed by atoms with Crippen LogP contribution >= 0.6 is 0 Å². The number of carbonyl (C=O) groups excluding carboxylic acids is 1. The van der Waals surface area contributed by atoms with E-state index in [2.05, 4.69) is 15.8 Å². The molecule has 2 amide bonds. The molecule has 0 bridgehead atoms. The second-order valence-corrected chi connectivity index (χ2v) is 4.97. The SMILES string of the molecule is COc1ccc(CCNC(=O)NCCc2cc(C)no2)cc1. The minimum absolute atomic E-state index is 0.176. The van der Waals surface area contributed by atoms with Gasteiger partial charge < -0.3 is 19.9 Å². The summed E-state index contributed by atoms with van der Waals surface area (Å²) < 4.78 is 10.2. The Hall–Kier alpha value is -2.50. The van der Waals surface area contributed by atoms with E-state index in [-0.39, 0.29) is 6.03 Å². The average Bonchev–Trinajstić information content (AvgIpc) is 2.93. The molecule has 2 rings (SSSR count). The predicted octanol–water partition coefficient (Wildman–Crippen LogP) is 2.08. The zero-order valence-corrected chi connectivity index (χ0v) is 12.9. The molecule has 2 aromatic rings. The molecule has 0 spiro atoms. The van der Waals surface area contributed by atoms with Crippen molar-refractivity contribution in [2.24, 2.45) is 0 Å². The number of aromatic nitrogens is 1. The number of urea groups is 1. The van der Waals surface area contributed by atoms with Gasteiger partial charge in [0.05, 0.1) is 12.8 Å². The number of carbonyl (C=O) groups is 1. The molecule has 0 fully saturated rings. The highest BCUT2D eigenvalue weighted by Gasteiger charge is 2.03. The third kappa shape index (κ3) is 5.12. The van der Waals surface area contributed by atoms with Crippen LogP contribution in [-0.2, 0) is 12.8 Å². The molecule has 6 nitrogen and oxygen atoms in total. The van der Waals surface area contributed by atoms with Crippen molar-refractivity contribution in [3.05, 3.63) is 47.3 Å². The van der Waals surface area contributed by atoms with Gasteiger partial charge in [-0.2, -0.15) is 0 Å². The number of aryl methyl sites for hydroxylation is 1. The highest BCUT2D eigenvalue weighted by molar-refractivity contribution is 5.73. The summed E-state index contributed by atoms with van der Waals surface area (Å²) in [6, 6.07) is 9.49. The number of nitrogens with zero attached hydrogens (tertiary/aromatic N) is 1. The average molecular weight is 303 g/mol. The lowest BCUT2D eigenvalue weighted by Gasteiger charge is -2.07. The van der Waals surface area contributed by atoms with E-state index in [9.17, 15) is 4.79 Å². The van der Waals surface area contributed by atoms with Gasteiger partial charge in [0.2, 0.25) is 0 Å². The fourth-order valence-electron chi connectivity index (χ4n) is 2.01. The first kappa shape index (κ1) is 15.9. The number of nitrogens with one attached hydrogen (secondary N) is 2. The van der Waals surface area contributed by atoms with Crippen LogP contribution in [0.5, 0.6) is 5.75 Å². The Bertz CT molecular complexity index is 593. The van der Waals surface area contributed by atoms with Gasteiger partial charge in [0.25, 0.3) is 0 Å². The molecule has 0 aliphatic carbocycles. The number of amides is 2. The van der Waals surface area contributed by atoms with Crippen molar-refractivity contribution in [2.45, 2.75) is 19.8 Å². The summed E-state index contributed by atoms with van der Waals surface area (Å²) in [4.78, 5) is 11.6. The van der Waals surface area contributed by atoms with Crippen molar-refractivity contribution in [2.75, 3.05) is 20.2 Å². The van der Waals surface area contributed by atoms with E-state index < -0.39 is 0 Å². The lowest BCUT2D eigenvalue weighted by molar-refractivity contribution is 0.241. The van der Waals surface area contributed by atoms with Crippen molar-refractivity contribution in [3.8, 4) is 5.75 Å². The molecule has 0 aliphatic rings. The van der Waals surface area contributed by atoms with E-state index in [1.165, 1.54) is 0 Å². The summed E-state index contributed by atoms with van der Waals surface area (Å²) in [5, 5.41) is 9.41. The number of ether oxygens (including phenoxy) is 1. The van der Waals surface area contributed by atoms with E-state index in [4.69, 9.17) is 9.26 Å². The maximum atomic E-state index is 11.6. The Morgan fingerprint density at radius 3 is 2.45 bits per heavy atom. The second kappa shape index (κ2) is 8.07. The van der Waals surface area contributed by atoms with Crippen LogP contribution in [0.3, 0.4) is 0 Å². The first-order valence-corrected chi connectivity index (χ1v) is 7.24. The highest BCUT2D eigenvalue weighted by atomic mass is 16.5. The van der Waals surface area contributed by atoms with Crippen molar-refractivity contribution >= 4 is 6.03 Å². The lowest BCUT2D eigenvalue weighted by Crippen LogP contribution is -2.37. The summed E-state index contributed by atoms with van der Waals surface area (Å²) in [6.45, 7) is 2.97. The van der Waals surface area contributed by atoms with Crippen LogP contribution in [0.15, 0.2) is 34.9 Å². The molecule has 1 aromatic heterocycles. The molecular weight excluding hydrogens is 282 g/mol. The monoisotopic (exact) mass is 303 g/mol. The van der Waals surface area contributed by atoms with Crippen LogP contribution in [0.25, 0.3) is 0 Å². The Balaban J connectivity index is 1.60. The molecular formula is C16H21N3O3. The van der Waals surface area contributed by atoms with Crippen molar-refractivity contribution in [1.29, 1.82) is 0 Å². The normalized spacial score (nSPS) is 10.3. The third-order valence-corrected chi connectivity index (χ3v) is 3.19. The second-order valence-electron chi connectivity index (χ2n) is 4.97. The first-order chi connectivity index (χ1) is 10.7. The number of hydrogen-bond donors (Lipinski definition) is 2. The fourth-order valence-corrected chi connectivity index (χ4v) is 2.01. The molecule has 0 saturated carbocycles. The number of hydrogen-bond acceptors (Lipinski definition) is 4. The molecule has 1 heterocycles. The van der Waals surface area contributed by atoms with E-state index in [0.717, 1.165) is 29.2 Å². The van der Waals surface area contributed by atoms with Crippen LogP contribution in [0.1, 0.15) is 17.0 Å². The van der Waals surface area contributed by atoms with Crippen molar-refractivity contribution < 1.29 is 14.1 Å². The summed E-state index contributed by atoms with van der Waals surface area (Å²) in [6.07, 6.45) is 1.41. The molecule has 0 atom stereocenters. The van der Waals surface area contributed by atoms with Crippen LogP contribution in [0, 0.1) is 6.92 Å². The smallest absolute Gasteiger partial charge is 0.314 e. The quantitative estimate of drug-likeness (QED) is 0.821. The summed E-state index contributed by atoms with van der Waals surface area (Å²) >= 11 is 0. The Kier molecular flexibility index (Phi) is 5.82. The summed E-state index contributed by atoms with van der Waals surface area (Å²) in [5.41, 5.74) is 2.00. The molecule has 0 saturated heterocycles. The summed E-state index contributed by atoms with van der Waals surface area (Å²) in [7, 11) is 1.64. The molecule has 22 heavy (non-hydrogen) atoms. The topological polar surface area (TPSA) is 76.4 Å². The van der Waals surface area contributed by atoms with Gasteiger partial charge in [-0.3, -0.25) is 0 Å². The van der Waals surface area contributed by atoms with E-state index in [0.29, 0.717) is 19.5 Å². The molecule has 0 unspecified atom stereocenters. The molecule has 118 valence electrons. The maximum Gasteiger partial charge on any atom is 0.314 e. The van der Waals surface area contributed by atoms with Crippen LogP contribution in [-0.4, -0.2) is 31.4 Å². The Labute approximate surface area is 129 Å². The summed E-state index contributed by atoms with van der Waals surface area (Å²) in [5.74, 6) is 1.60. The molecule has 0 radical (unpaired) electrons. The van der Waals surface area contributed by atoms with Gasteiger partial charge in [-0.15, -0.1) is 0 Å². The minimum atomic E-state index is -0.176. The minimum Gasteiger partial charge on any atom is -0.497 e. The Morgan fingerprint density at radius 1 is 1.18 bits per heavy atom. The molecule has 6 heteroatoms. The van der Waals surface area contributed by atoms with Gasteiger partial charge in [-0.1, -0.05) is 17.3 Å². The molecule has 2 N–H and O–H groups in total. The third-order valence-electron chi connectivity index (χ3n) is 3.19. The molecule has 0 aliphatic heterocycles.